The lowest BCUT2D eigenvalue weighted by molar-refractivity contribution is -0.125. The van der Waals surface area contributed by atoms with Gasteiger partial charge in [0.1, 0.15) is 0 Å². The van der Waals surface area contributed by atoms with E-state index < -0.39 is 0 Å². The van der Waals surface area contributed by atoms with Gasteiger partial charge >= 0.3 is 0 Å². The largest absolute Gasteiger partial charge is 0.340 e. The molecule has 168 valence electrons. The molecule has 1 amide bonds. The van der Waals surface area contributed by atoms with E-state index in [2.05, 4.69) is 52.8 Å². The van der Waals surface area contributed by atoms with Crippen LogP contribution in [0.15, 0.2) is 58.7 Å². The van der Waals surface area contributed by atoms with Crippen molar-refractivity contribution in [2.75, 3.05) is 13.1 Å². The van der Waals surface area contributed by atoms with Gasteiger partial charge in [-0.25, -0.2) is 0 Å². The van der Waals surface area contributed by atoms with E-state index in [9.17, 15) is 4.79 Å². The first-order chi connectivity index (χ1) is 14.2. The number of likely N-dealkylation sites (N-methyl/N-ethyl adjacent to an activating group) is 1. The molecular weight excluding hydrogens is 366 g/mol. The van der Waals surface area contributed by atoms with Crippen LogP contribution in [0.4, 0.5) is 0 Å². The number of carbonyl (C=O) groups excluding carboxylic acids is 1. The zero-order chi connectivity index (χ0) is 22.7. The number of hydrogen-bond acceptors (Lipinski definition) is 1. The lowest BCUT2D eigenvalue weighted by Gasteiger charge is -2.37. The van der Waals surface area contributed by atoms with Crippen LogP contribution in [-0.4, -0.2) is 23.9 Å². The summed E-state index contributed by atoms with van der Waals surface area (Å²) in [5.74, 6) is 0.834. The molecule has 0 aromatic rings. The summed E-state index contributed by atoms with van der Waals surface area (Å²) in [6.45, 7) is 19.0. The van der Waals surface area contributed by atoms with Gasteiger partial charge in [-0.05, 0) is 76.4 Å². The van der Waals surface area contributed by atoms with Crippen LogP contribution in [-0.2, 0) is 4.79 Å². The summed E-state index contributed by atoms with van der Waals surface area (Å²) in [7, 11) is 0. The van der Waals surface area contributed by atoms with Crippen LogP contribution in [0.2, 0.25) is 0 Å². The van der Waals surface area contributed by atoms with Crippen molar-refractivity contribution in [3.63, 3.8) is 0 Å². The summed E-state index contributed by atoms with van der Waals surface area (Å²) in [5, 5.41) is 0. The molecule has 0 aliphatic heterocycles. The minimum atomic E-state index is 0.0855. The van der Waals surface area contributed by atoms with Crippen LogP contribution in [0, 0.1) is 11.3 Å². The van der Waals surface area contributed by atoms with E-state index in [1.165, 1.54) is 43.3 Å². The van der Waals surface area contributed by atoms with Crippen molar-refractivity contribution in [1.29, 1.82) is 0 Å². The highest BCUT2D eigenvalue weighted by Gasteiger charge is 2.31. The minimum Gasteiger partial charge on any atom is -0.340 e. The van der Waals surface area contributed by atoms with Crippen LogP contribution in [0.3, 0.4) is 0 Å². The maximum atomic E-state index is 12.2. The maximum absolute atomic E-state index is 12.2. The Kier molecular flexibility index (Phi) is 11.2. The van der Waals surface area contributed by atoms with E-state index in [1.807, 2.05) is 37.8 Å². The summed E-state index contributed by atoms with van der Waals surface area (Å²) in [6.07, 6.45) is 19.0. The molecule has 0 aromatic heterocycles. The Morgan fingerprint density at radius 3 is 2.37 bits per heavy atom. The van der Waals surface area contributed by atoms with E-state index in [0.29, 0.717) is 0 Å². The third-order valence-electron chi connectivity index (χ3n) is 6.45. The molecule has 1 atom stereocenters. The molecule has 1 rings (SSSR count). The number of allylic oxidation sites excluding steroid dienone is 9. The third kappa shape index (κ3) is 8.13. The second-order valence-electron chi connectivity index (χ2n) is 9.36. The second kappa shape index (κ2) is 12.8. The number of unbranched alkanes of at least 4 members (excludes halogenated alkanes) is 1. The van der Waals surface area contributed by atoms with Gasteiger partial charge in [0.05, 0.1) is 0 Å². The van der Waals surface area contributed by atoms with E-state index in [4.69, 9.17) is 0 Å². The van der Waals surface area contributed by atoms with E-state index >= 15 is 0 Å². The molecule has 0 aromatic carbocycles. The lowest BCUT2D eigenvalue weighted by atomic mass is 9.68. The van der Waals surface area contributed by atoms with Crippen LogP contribution < -0.4 is 0 Å². The fraction of sp³-hybridized carbons (Fsp3) is 0.607. The quantitative estimate of drug-likeness (QED) is 0.265. The van der Waals surface area contributed by atoms with Crippen molar-refractivity contribution >= 4 is 5.91 Å². The van der Waals surface area contributed by atoms with E-state index in [0.717, 1.165) is 24.6 Å². The van der Waals surface area contributed by atoms with Gasteiger partial charge in [-0.1, -0.05) is 75.1 Å². The molecule has 0 fully saturated rings. The zero-order valence-corrected chi connectivity index (χ0v) is 20.8. The molecular formula is C28H45NO. The molecule has 1 unspecified atom stereocenters. The van der Waals surface area contributed by atoms with Crippen molar-refractivity contribution < 1.29 is 4.79 Å². The third-order valence-corrected chi connectivity index (χ3v) is 6.45. The van der Waals surface area contributed by atoms with Gasteiger partial charge in [0.25, 0.3) is 0 Å². The first-order valence-corrected chi connectivity index (χ1v) is 11.9. The highest BCUT2D eigenvalue weighted by Crippen LogP contribution is 2.44. The van der Waals surface area contributed by atoms with Gasteiger partial charge in [-0.3, -0.25) is 4.79 Å². The normalized spacial score (nSPS) is 20.5. The zero-order valence-electron chi connectivity index (χ0n) is 20.8. The first-order valence-electron chi connectivity index (χ1n) is 11.9. The molecule has 2 nitrogen and oxygen atoms in total. The molecule has 30 heavy (non-hydrogen) atoms. The number of hydrogen-bond donors (Lipinski definition) is 0. The smallest absolute Gasteiger partial charge is 0.246 e. The van der Waals surface area contributed by atoms with Crippen LogP contribution in [0.25, 0.3) is 0 Å². The summed E-state index contributed by atoms with van der Waals surface area (Å²) >= 11 is 0. The Labute approximate surface area is 186 Å². The summed E-state index contributed by atoms with van der Waals surface area (Å²) in [6, 6.07) is 0. The van der Waals surface area contributed by atoms with Gasteiger partial charge in [-0.2, -0.15) is 0 Å². The van der Waals surface area contributed by atoms with Crippen molar-refractivity contribution in [2.45, 2.75) is 87.5 Å². The number of amides is 1. The Bertz CT molecular complexity index is 711. The van der Waals surface area contributed by atoms with Crippen molar-refractivity contribution in [3.8, 4) is 0 Å². The van der Waals surface area contributed by atoms with E-state index in [1.54, 1.807) is 11.6 Å². The molecule has 0 radical (unpaired) electrons. The fourth-order valence-electron chi connectivity index (χ4n) is 4.30. The molecule has 2 heteroatoms. The predicted octanol–water partition coefficient (Wildman–Crippen LogP) is 7.80. The number of rotatable bonds is 10. The molecule has 0 heterocycles. The molecule has 0 bridgehead atoms. The summed E-state index contributed by atoms with van der Waals surface area (Å²) in [4.78, 5) is 14.0. The molecule has 1 aliphatic rings. The lowest BCUT2D eigenvalue weighted by Crippen LogP contribution is -2.28. The van der Waals surface area contributed by atoms with E-state index in [-0.39, 0.29) is 11.3 Å². The number of carbonyl (C=O) groups is 1. The van der Waals surface area contributed by atoms with Gasteiger partial charge in [0.15, 0.2) is 0 Å². The van der Waals surface area contributed by atoms with Crippen molar-refractivity contribution in [1.82, 2.24) is 4.90 Å². The molecule has 0 N–H and O–H groups in total. The fourth-order valence-corrected chi connectivity index (χ4v) is 4.30. The Morgan fingerprint density at radius 1 is 1.10 bits per heavy atom. The first kappa shape index (κ1) is 26.2. The van der Waals surface area contributed by atoms with Crippen LogP contribution >= 0.6 is 0 Å². The second-order valence-corrected chi connectivity index (χ2v) is 9.36. The van der Waals surface area contributed by atoms with Gasteiger partial charge in [0.2, 0.25) is 5.91 Å². The molecule has 1 aliphatic carbocycles. The van der Waals surface area contributed by atoms with Gasteiger partial charge < -0.3 is 4.90 Å². The Morgan fingerprint density at radius 2 is 1.77 bits per heavy atom. The Hall–Kier alpha value is -1.83. The standard InChI is InChI=1S/C28H45NO/c1-9-12-16-25-19-20-28(7,8)26(24(25)6)18-17-22(4)14-13-15-23(5)21-27(30)29(10-2)11-3/h13-15,17-18,21,25H,9-12,16,19-20H2,1-8H3/b15-13+,18-17+,22-14+,23-21+. The average Bonchev–Trinajstić information content (AvgIpc) is 2.68. The molecule has 0 saturated heterocycles. The van der Waals surface area contributed by atoms with Gasteiger partial charge in [-0.15, -0.1) is 0 Å². The SMILES string of the molecule is CCCCC1CCC(C)(C)C(/C=C/C(C)=C/C=C/C(C)=C/C(=O)N(CC)CC)=C1C. The number of nitrogens with zero attached hydrogens (tertiary/aromatic N) is 1. The molecule has 0 saturated carbocycles. The predicted molar refractivity (Wildman–Crippen MR) is 132 cm³/mol. The minimum absolute atomic E-state index is 0.0855. The van der Waals surface area contributed by atoms with Gasteiger partial charge in [0, 0.05) is 19.2 Å². The van der Waals surface area contributed by atoms with Crippen LogP contribution in [0.1, 0.15) is 87.5 Å². The highest BCUT2D eigenvalue weighted by molar-refractivity contribution is 5.88. The Balaban J connectivity index is 2.88. The summed E-state index contributed by atoms with van der Waals surface area (Å²) in [5.41, 5.74) is 5.57. The molecule has 0 spiro atoms. The average molecular weight is 412 g/mol. The van der Waals surface area contributed by atoms with Crippen molar-refractivity contribution in [3.05, 3.63) is 58.7 Å². The van der Waals surface area contributed by atoms with Crippen molar-refractivity contribution in [2.24, 2.45) is 11.3 Å². The summed E-state index contributed by atoms with van der Waals surface area (Å²) < 4.78 is 0. The topological polar surface area (TPSA) is 20.3 Å². The highest BCUT2D eigenvalue weighted by atomic mass is 16.2. The monoisotopic (exact) mass is 411 g/mol. The maximum Gasteiger partial charge on any atom is 0.246 e. The van der Waals surface area contributed by atoms with Crippen LogP contribution in [0.5, 0.6) is 0 Å².